The van der Waals surface area contributed by atoms with Crippen molar-refractivity contribution < 1.29 is 4.79 Å². The van der Waals surface area contributed by atoms with Gasteiger partial charge in [0.25, 0.3) is 0 Å². The molecule has 3 nitrogen and oxygen atoms in total. The van der Waals surface area contributed by atoms with Crippen LogP contribution in [0.2, 0.25) is 0 Å². The lowest BCUT2D eigenvalue weighted by Crippen LogP contribution is -2.12. The molecule has 1 aromatic heterocycles. The Bertz CT molecular complexity index is 640. The van der Waals surface area contributed by atoms with E-state index >= 15 is 0 Å². The topological polar surface area (TPSA) is 56.0 Å². The predicted octanol–water partition coefficient (Wildman–Crippen LogP) is 3.23. The molecule has 2 rings (SSSR count). The summed E-state index contributed by atoms with van der Waals surface area (Å²) in [5.74, 6) is -0.401. The number of benzene rings is 1. The minimum atomic E-state index is -0.401. The molecular weight excluding hydrogens is 236 g/mol. The fraction of sp³-hybridized carbons (Fsp3) is 0.250. The number of carbonyl (C=O) groups excluding carboxylic acids is 1. The number of carbonyl (C=O) groups is 1. The van der Waals surface area contributed by atoms with E-state index in [1.165, 1.54) is 5.57 Å². The van der Waals surface area contributed by atoms with Crippen LogP contribution in [0.1, 0.15) is 36.3 Å². The third-order valence-corrected chi connectivity index (χ3v) is 2.99. The van der Waals surface area contributed by atoms with Crippen molar-refractivity contribution in [1.29, 1.82) is 0 Å². The Morgan fingerprint density at radius 1 is 1.32 bits per heavy atom. The number of hydrogen-bond donors (Lipinski definition) is 1. The Labute approximate surface area is 113 Å². The van der Waals surface area contributed by atoms with Gasteiger partial charge < -0.3 is 5.73 Å². The molecule has 0 aliphatic carbocycles. The van der Waals surface area contributed by atoms with E-state index in [2.05, 4.69) is 24.9 Å². The minimum Gasteiger partial charge on any atom is -0.366 e. The van der Waals surface area contributed by atoms with Crippen molar-refractivity contribution in [2.24, 2.45) is 5.73 Å². The van der Waals surface area contributed by atoms with E-state index in [4.69, 9.17) is 5.73 Å². The first-order valence-electron chi connectivity index (χ1n) is 6.40. The van der Waals surface area contributed by atoms with Gasteiger partial charge in [0.2, 0.25) is 5.91 Å². The molecule has 1 amide bonds. The number of aryl methyl sites for hydroxylation is 1. The molecule has 0 unspecified atom stereocenters. The number of nitrogens with two attached hydrogens (primary N) is 1. The molecule has 0 fully saturated rings. The molecule has 98 valence electrons. The van der Waals surface area contributed by atoms with Gasteiger partial charge in [-0.1, -0.05) is 29.8 Å². The summed E-state index contributed by atoms with van der Waals surface area (Å²) in [5, 5.41) is 0.820. The second-order valence-corrected chi connectivity index (χ2v) is 4.86. The standard InChI is InChI=1S/C16H18N2O/c1-11(2)6-5-7-12-10-14(16(17)19)13-8-3-4-9-15(13)18-12/h3-4,6,8-10H,5,7H2,1-2H3,(H2,17,19). The highest BCUT2D eigenvalue weighted by molar-refractivity contribution is 6.05. The van der Waals surface area contributed by atoms with Gasteiger partial charge in [-0.05, 0) is 38.8 Å². The maximum absolute atomic E-state index is 11.5. The molecule has 0 atom stereocenters. The number of para-hydroxylation sites is 1. The van der Waals surface area contributed by atoms with Crippen LogP contribution in [-0.2, 0) is 6.42 Å². The number of rotatable bonds is 4. The van der Waals surface area contributed by atoms with Crippen molar-refractivity contribution in [2.75, 3.05) is 0 Å². The van der Waals surface area contributed by atoms with Crippen molar-refractivity contribution in [3.63, 3.8) is 0 Å². The summed E-state index contributed by atoms with van der Waals surface area (Å²) in [6.45, 7) is 4.14. The predicted molar refractivity (Wildman–Crippen MR) is 78.0 cm³/mol. The van der Waals surface area contributed by atoms with Crippen molar-refractivity contribution in [2.45, 2.75) is 26.7 Å². The number of fused-ring (bicyclic) bond motifs is 1. The summed E-state index contributed by atoms with van der Waals surface area (Å²) in [6, 6.07) is 9.40. The van der Waals surface area contributed by atoms with Crippen LogP contribution in [-0.4, -0.2) is 10.9 Å². The summed E-state index contributed by atoms with van der Waals surface area (Å²) in [7, 11) is 0. The van der Waals surface area contributed by atoms with E-state index in [-0.39, 0.29) is 0 Å². The van der Waals surface area contributed by atoms with Gasteiger partial charge in [0, 0.05) is 11.1 Å². The number of aromatic nitrogens is 1. The van der Waals surface area contributed by atoms with Gasteiger partial charge in [0.15, 0.2) is 0 Å². The highest BCUT2D eigenvalue weighted by Gasteiger charge is 2.09. The number of amides is 1. The van der Waals surface area contributed by atoms with Gasteiger partial charge >= 0.3 is 0 Å². The van der Waals surface area contributed by atoms with Crippen molar-refractivity contribution >= 4 is 16.8 Å². The lowest BCUT2D eigenvalue weighted by atomic mass is 10.1. The van der Waals surface area contributed by atoms with E-state index in [0.29, 0.717) is 5.56 Å². The first kappa shape index (κ1) is 13.3. The minimum absolute atomic E-state index is 0.401. The summed E-state index contributed by atoms with van der Waals surface area (Å²) < 4.78 is 0. The van der Waals surface area contributed by atoms with Gasteiger partial charge in [-0.15, -0.1) is 0 Å². The second kappa shape index (κ2) is 5.65. The zero-order valence-electron chi connectivity index (χ0n) is 11.3. The molecule has 0 aliphatic rings. The van der Waals surface area contributed by atoms with Crippen molar-refractivity contribution in [3.8, 4) is 0 Å². The first-order valence-corrected chi connectivity index (χ1v) is 6.40. The fourth-order valence-electron chi connectivity index (χ4n) is 2.07. The second-order valence-electron chi connectivity index (χ2n) is 4.86. The maximum Gasteiger partial charge on any atom is 0.249 e. The van der Waals surface area contributed by atoms with Gasteiger partial charge in [-0.2, -0.15) is 0 Å². The lowest BCUT2D eigenvalue weighted by molar-refractivity contribution is 0.100. The molecular formula is C16H18N2O. The number of primary amides is 1. The number of pyridine rings is 1. The van der Waals surface area contributed by atoms with Gasteiger partial charge in [-0.3, -0.25) is 9.78 Å². The third-order valence-electron chi connectivity index (χ3n) is 2.99. The first-order chi connectivity index (χ1) is 9.08. The number of hydrogen-bond acceptors (Lipinski definition) is 2. The number of allylic oxidation sites excluding steroid dienone is 2. The molecule has 0 saturated heterocycles. The van der Waals surface area contributed by atoms with Crippen LogP contribution in [0.4, 0.5) is 0 Å². The summed E-state index contributed by atoms with van der Waals surface area (Å²) in [5.41, 5.74) is 9.02. The molecule has 2 aromatic rings. The molecule has 0 saturated carbocycles. The van der Waals surface area contributed by atoms with Crippen molar-refractivity contribution in [3.05, 3.63) is 53.2 Å². The van der Waals surface area contributed by atoms with Crippen LogP contribution >= 0.6 is 0 Å². The van der Waals surface area contributed by atoms with E-state index in [1.807, 2.05) is 30.3 Å². The smallest absolute Gasteiger partial charge is 0.249 e. The Morgan fingerprint density at radius 3 is 2.74 bits per heavy atom. The van der Waals surface area contributed by atoms with Crippen LogP contribution < -0.4 is 5.73 Å². The Hall–Kier alpha value is -2.16. The van der Waals surface area contributed by atoms with E-state index in [9.17, 15) is 4.79 Å². The van der Waals surface area contributed by atoms with Crippen LogP contribution in [0, 0.1) is 0 Å². The molecule has 3 heteroatoms. The Morgan fingerprint density at radius 2 is 2.05 bits per heavy atom. The molecule has 0 spiro atoms. The maximum atomic E-state index is 11.5. The van der Waals surface area contributed by atoms with Crippen LogP contribution in [0.15, 0.2) is 42.0 Å². The van der Waals surface area contributed by atoms with E-state index in [0.717, 1.165) is 29.4 Å². The molecule has 0 bridgehead atoms. The molecule has 19 heavy (non-hydrogen) atoms. The summed E-state index contributed by atoms with van der Waals surface area (Å²) in [4.78, 5) is 16.1. The summed E-state index contributed by atoms with van der Waals surface area (Å²) in [6.07, 6.45) is 3.91. The number of nitrogens with zero attached hydrogens (tertiary/aromatic N) is 1. The zero-order chi connectivity index (χ0) is 13.8. The largest absolute Gasteiger partial charge is 0.366 e. The van der Waals surface area contributed by atoms with Crippen LogP contribution in [0.25, 0.3) is 10.9 Å². The SMILES string of the molecule is CC(C)=CCCc1cc(C(N)=O)c2ccccc2n1. The van der Waals surface area contributed by atoms with Gasteiger partial charge in [0.05, 0.1) is 11.1 Å². The molecule has 0 aliphatic heterocycles. The molecule has 1 heterocycles. The normalized spacial score (nSPS) is 10.4. The Kier molecular flexibility index (Phi) is 3.95. The van der Waals surface area contributed by atoms with E-state index < -0.39 is 5.91 Å². The average molecular weight is 254 g/mol. The van der Waals surface area contributed by atoms with Crippen molar-refractivity contribution in [1.82, 2.24) is 4.98 Å². The molecule has 2 N–H and O–H groups in total. The third kappa shape index (κ3) is 3.19. The van der Waals surface area contributed by atoms with E-state index in [1.54, 1.807) is 0 Å². The fourth-order valence-corrected chi connectivity index (χ4v) is 2.07. The monoisotopic (exact) mass is 254 g/mol. The van der Waals surface area contributed by atoms with Crippen LogP contribution in [0.5, 0.6) is 0 Å². The average Bonchev–Trinajstić information content (AvgIpc) is 2.37. The molecule has 1 aromatic carbocycles. The molecule has 0 radical (unpaired) electrons. The Balaban J connectivity index is 2.41. The zero-order valence-corrected chi connectivity index (χ0v) is 11.3. The van der Waals surface area contributed by atoms with Gasteiger partial charge in [0.1, 0.15) is 0 Å². The highest BCUT2D eigenvalue weighted by atomic mass is 16.1. The lowest BCUT2D eigenvalue weighted by Gasteiger charge is -2.06. The quantitative estimate of drug-likeness (QED) is 0.851. The summed E-state index contributed by atoms with van der Waals surface area (Å²) >= 11 is 0. The van der Waals surface area contributed by atoms with Gasteiger partial charge in [-0.25, -0.2) is 0 Å². The highest BCUT2D eigenvalue weighted by Crippen LogP contribution is 2.18. The van der Waals surface area contributed by atoms with Crippen LogP contribution in [0.3, 0.4) is 0 Å².